The average molecular weight is 168 g/mol. The first-order valence-corrected chi connectivity index (χ1v) is 4.63. The highest BCUT2D eigenvalue weighted by atomic mass is 16.2. The largest absolute Gasteiger partial charge is 0.350 e. The van der Waals surface area contributed by atoms with E-state index in [1.807, 2.05) is 0 Å². The first kappa shape index (κ1) is 8.05. The summed E-state index contributed by atoms with van der Waals surface area (Å²) in [4.78, 5) is 11.6. The Balaban J connectivity index is 1.92. The van der Waals surface area contributed by atoms with Crippen LogP contribution in [0.25, 0.3) is 0 Å². The lowest BCUT2D eigenvalue weighted by Crippen LogP contribution is -2.42. The summed E-state index contributed by atoms with van der Waals surface area (Å²) in [7, 11) is 0. The van der Waals surface area contributed by atoms with Gasteiger partial charge in [-0.3, -0.25) is 4.79 Å². The molecule has 68 valence electrons. The molecule has 0 bridgehead atoms. The zero-order valence-electron chi connectivity index (χ0n) is 7.52. The number of nitrogens with one attached hydrogen (secondary N) is 1. The van der Waals surface area contributed by atoms with E-state index < -0.39 is 0 Å². The first-order valence-electron chi connectivity index (χ1n) is 4.63. The maximum absolute atomic E-state index is 11.6. The summed E-state index contributed by atoms with van der Waals surface area (Å²) < 4.78 is 0. The van der Waals surface area contributed by atoms with Gasteiger partial charge in [-0.05, 0) is 32.6 Å². The van der Waals surface area contributed by atoms with Crippen molar-refractivity contribution >= 4 is 5.91 Å². The van der Waals surface area contributed by atoms with Gasteiger partial charge in [0, 0.05) is 12.1 Å². The normalized spacial score (nSPS) is 27.8. The predicted molar refractivity (Wildman–Crippen MR) is 46.5 cm³/mol. The van der Waals surface area contributed by atoms with Gasteiger partial charge >= 0.3 is 0 Å². The van der Waals surface area contributed by atoms with E-state index in [1.165, 1.54) is 0 Å². The Morgan fingerprint density at radius 2 is 2.00 bits per heavy atom. The molecule has 2 fully saturated rings. The van der Waals surface area contributed by atoms with E-state index in [0.717, 1.165) is 25.7 Å². The number of carbonyl (C=O) groups excluding carboxylic acids is 1. The fourth-order valence-electron chi connectivity index (χ4n) is 1.39. The summed E-state index contributed by atoms with van der Waals surface area (Å²) in [5.74, 6) is 0.185. The molecule has 0 aromatic heterocycles. The topological polar surface area (TPSA) is 55.1 Å². The molecule has 2 saturated carbocycles. The molecule has 0 aromatic rings. The molecule has 0 unspecified atom stereocenters. The second kappa shape index (κ2) is 2.22. The molecule has 2 aliphatic rings. The smallest absolute Gasteiger partial charge is 0.227 e. The minimum absolute atomic E-state index is 0.113. The quantitative estimate of drug-likeness (QED) is 0.640. The van der Waals surface area contributed by atoms with Crippen molar-refractivity contribution in [3.63, 3.8) is 0 Å². The fourth-order valence-corrected chi connectivity index (χ4v) is 1.39. The second-order valence-corrected chi connectivity index (χ2v) is 4.50. The van der Waals surface area contributed by atoms with Gasteiger partial charge in [0.05, 0.1) is 5.41 Å². The van der Waals surface area contributed by atoms with Crippen LogP contribution in [0.1, 0.15) is 32.6 Å². The molecule has 12 heavy (non-hydrogen) atoms. The van der Waals surface area contributed by atoms with Gasteiger partial charge in [-0.1, -0.05) is 0 Å². The molecule has 0 spiro atoms. The minimum Gasteiger partial charge on any atom is -0.350 e. The van der Waals surface area contributed by atoms with Gasteiger partial charge in [0.1, 0.15) is 0 Å². The lowest BCUT2D eigenvalue weighted by Gasteiger charge is -2.17. The van der Waals surface area contributed by atoms with Crippen LogP contribution in [0, 0.1) is 5.41 Å². The van der Waals surface area contributed by atoms with Gasteiger partial charge < -0.3 is 11.1 Å². The fraction of sp³-hybridized carbons (Fsp3) is 0.889. The number of amides is 1. The van der Waals surface area contributed by atoms with Gasteiger partial charge in [0.15, 0.2) is 0 Å². The Labute approximate surface area is 72.7 Å². The van der Waals surface area contributed by atoms with E-state index in [9.17, 15) is 4.79 Å². The number of rotatable bonds is 3. The number of carbonyl (C=O) groups is 1. The van der Waals surface area contributed by atoms with Crippen LogP contribution in [-0.2, 0) is 4.79 Å². The molecule has 0 aliphatic heterocycles. The SMILES string of the molecule is CC1(NC(=O)C2(CN)CC2)CC1. The number of hydrogen-bond donors (Lipinski definition) is 2. The molecule has 0 aromatic carbocycles. The molecule has 3 N–H and O–H groups in total. The molecule has 0 radical (unpaired) electrons. The Morgan fingerprint density at radius 1 is 1.42 bits per heavy atom. The zero-order chi connectivity index (χ0) is 8.82. The molecule has 0 saturated heterocycles. The Morgan fingerprint density at radius 3 is 2.33 bits per heavy atom. The van der Waals surface area contributed by atoms with Crippen molar-refractivity contribution in [3.05, 3.63) is 0 Å². The minimum atomic E-state index is -0.175. The third-order valence-corrected chi connectivity index (χ3v) is 3.14. The summed E-state index contributed by atoms with van der Waals surface area (Å²) >= 11 is 0. The molecule has 3 heteroatoms. The number of nitrogens with two attached hydrogens (primary N) is 1. The lowest BCUT2D eigenvalue weighted by atomic mass is 10.1. The van der Waals surface area contributed by atoms with Gasteiger partial charge in [0.2, 0.25) is 5.91 Å². The van der Waals surface area contributed by atoms with Crippen molar-refractivity contribution in [1.29, 1.82) is 0 Å². The van der Waals surface area contributed by atoms with Crippen LogP contribution < -0.4 is 11.1 Å². The second-order valence-electron chi connectivity index (χ2n) is 4.50. The lowest BCUT2D eigenvalue weighted by molar-refractivity contribution is -0.126. The van der Waals surface area contributed by atoms with E-state index in [2.05, 4.69) is 12.2 Å². The Bertz CT molecular complexity index is 217. The first-order chi connectivity index (χ1) is 5.60. The average Bonchev–Trinajstić information content (AvgIpc) is 2.86. The van der Waals surface area contributed by atoms with E-state index >= 15 is 0 Å². The monoisotopic (exact) mass is 168 g/mol. The van der Waals surface area contributed by atoms with Crippen molar-refractivity contribution in [2.45, 2.75) is 38.1 Å². The third-order valence-electron chi connectivity index (χ3n) is 3.14. The van der Waals surface area contributed by atoms with Crippen LogP contribution in [-0.4, -0.2) is 18.0 Å². The van der Waals surface area contributed by atoms with Gasteiger partial charge in [-0.25, -0.2) is 0 Å². The third kappa shape index (κ3) is 1.22. The molecule has 2 rings (SSSR count). The summed E-state index contributed by atoms with van der Waals surface area (Å²) in [5, 5.41) is 3.06. The summed E-state index contributed by atoms with van der Waals surface area (Å²) in [6, 6.07) is 0. The van der Waals surface area contributed by atoms with Gasteiger partial charge in [-0.2, -0.15) is 0 Å². The maximum atomic E-state index is 11.6. The summed E-state index contributed by atoms with van der Waals surface area (Å²) in [5.41, 5.74) is 5.49. The van der Waals surface area contributed by atoms with Crippen LogP contribution >= 0.6 is 0 Å². The van der Waals surface area contributed by atoms with Gasteiger partial charge in [-0.15, -0.1) is 0 Å². The van der Waals surface area contributed by atoms with Crippen molar-refractivity contribution in [2.24, 2.45) is 11.1 Å². The van der Waals surface area contributed by atoms with Crippen molar-refractivity contribution < 1.29 is 4.79 Å². The Kier molecular flexibility index (Phi) is 1.49. The highest BCUT2D eigenvalue weighted by Crippen LogP contribution is 2.46. The van der Waals surface area contributed by atoms with Crippen molar-refractivity contribution in [3.8, 4) is 0 Å². The van der Waals surface area contributed by atoms with Crippen LogP contribution in [0.4, 0.5) is 0 Å². The van der Waals surface area contributed by atoms with E-state index in [0.29, 0.717) is 6.54 Å². The highest BCUT2D eigenvalue weighted by Gasteiger charge is 2.51. The van der Waals surface area contributed by atoms with Crippen LogP contribution in [0.15, 0.2) is 0 Å². The van der Waals surface area contributed by atoms with Crippen molar-refractivity contribution in [1.82, 2.24) is 5.32 Å². The summed E-state index contributed by atoms with van der Waals surface area (Å²) in [6.45, 7) is 2.60. The van der Waals surface area contributed by atoms with E-state index in [-0.39, 0.29) is 16.9 Å². The molecule has 2 aliphatic carbocycles. The number of hydrogen-bond acceptors (Lipinski definition) is 2. The van der Waals surface area contributed by atoms with Crippen molar-refractivity contribution in [2.75, 3.05) is 6.54 Å². The zero-order valence-corrected chi connectivity index (χ0v) is 7.52. The molecular formula is C9H16N2O. The molecular weight excluding hydrogens is 152 g/mol. The maximum Gasteiger partial charge on any atom is 0.227 e. The predicted octanol–water partition coefficient (Wildman–Crippen LogP) is 0.394. The molecule has 0 atom stereocenters. The molecule has 3 nitrogen and oxygen atoms in total. The van der Waals surface area contributed by atoms with E-state index in [4.69, 9.17) is 5.73 Å². The van der Waals surface area contributed by atoms with Gasteiger partial charge in [0.25, 0.3) is 0 Å². The highest BCUT2D eigenvalue weighted by molar-refractivity contribution is 5.86. The van der Waals surface area contributed by atoms with Crippen LogP contribution in [0.5, 0.6) is 0 Å². The van der Waals surface area contributed by atoms with E-state index in [1.54, 1.807) is 0 Å². The molecule has 0 heterocycles. The van der Waals surface area contributed by atoms with Crippen LogP contribution in [0.3, 0.4) is 0 Å². The van der Waals surface area contributed by atoms with Crippen LogP contribution in [0.2, 0.25) is 0 Å². The standard InChI is InChI=1S/C9H16N2O/c1-8(2-3-8)11-7(12)9(6-10)4-5-9/h2-6,10H2,1H3,(H,11,12). The molecule has 1 amide bonds. The Hall–Kier alpha value is -0.570. The summed E-state index contributed by atoms with van der Waals surface area (Å²) in [6.07, 6.45) is 4.20.